The number of hydrogen-bond acceptors (Lipinski definition) is 4. The lowest BCUT2D eigenvalue weighted by Crippen LogP contribution is -2.53. The highest BCUT2D eigenvalue weighted by Gasteiger charge is 2.35. The third-order valence-corrected chi connectivity index (χ3v) is 10.4. The van der Waals surface area contributed by atoms with Crippen molar-refractivity contribution in [3.05, 3.63) is 128 Å². The van der Waals surface area contributed by atoms with Crippen LogP contribution in [0.15, 0.2) is 95.9 Å². The molecule has 4 rings (SSSR count). The van der Waals surface area contributed by atoms with Crippen molar-refractivity contribution in [2.75, 3.05) is 17.4 Å². The lowest BCUT2D eigenvalue weighted by molar-refractivity contribution is -0.140. The van der Waals surface area contributed by atoms with E-state index in [-0.39, 0.29) is 29.5 Å². The third kappa shape index (κ3) is 9.51. The standard InChI is InChI=1S/C36H38Cl3N3O4S/c1-4-5-19-40-36(44)34(20-27-9-7-6-8-10-27)41(23-28-14-16-29(37)21-32(28)39)35(43)24-42(33-22-30(38)15-13-26(33)3)47(45,46)31-17-11-25(2)12-18-31/h6-18,21-22,34H,4-5,19-20,23-24H2,1-3H3,(H,40,44). The van der Waals surface area contributed by atoms with Gasteiger partial charge in [-0.25, -0.2) is 8.42 Å². The first-order chi connectivity index (χ1) is 22.4. The van der Waals surface area contributed by atoms with E-state index in [2.05, 4.69) is 5.32 Å². The molecule has 47 heavy (non-hydrogen) atoms. The molecule has 0 aliphatic heterocycles. The predicted molar refractivity (Wildman–Crippen MR) is 191 cm³/mol. The number of hydrogen-bond donors (Lipinski definition) is 1. The summed E-state index contributed by atoms with van der Waals surface area (Å²) >= 11 is 19.1. The molecule has 0 saturated heterocycles. The molecule has 0 bridgehead atoms. The molecule has 4 aromatic carbocycles. The molecule has 248 valence electrons. The zero-order valence-corrected chi connectivity index (χ0v) is 29.6. The maximum atomic E-state index is 14.6. The number of nitrogens with zero attached hydrogens (tertiary/aromatic N) is 2. The molecule has 1 atom stereocenters. The molecule has 0 aliphatic rings. The summed E-state index contributed by atoms with van der Waals surface area (Å²) in [5.41, 5.74) is 3.12. The fraction of sp³-hybridized carbons (Fsp3) is 0.278. The largest absolute Gasteiger partial charge is 0.354 e. The van der Waals surface area contributed by atoms with E-state index in [4.69, 9.17) is 34.8 Å². The molecule has 0 spiro atoms. The van der Waals surface area contributed by atoms with Crippen LogP contribution in [0.4, 0.5) is 5.69 Å². The van der Waals surface area contributed by atoms with Crippen LogP contribution in [0.1, 0.15) is 42.0 Å². The van der Waals surface area contributed by atoms with Crippen LogP contribution in [-0.2, 0) is 32.6 Å². The second-order valence-corrected chi connectivity index (χ2v) is 14.5. The first-order valence-corrected chi connectivity index (χ1v) is 17.9. The fourth-order valence-electron chi connectivity index (χ4n) is 5.10. The molecule has 7 nitrogen and oxygen atoms in total. The summed E-state index contributed by atoms with van der Waals surface area (Å²) in [5, 5.41) is 4.02. The highest BCUT2D eigenvalue weighted by atomic mass is 35.5. The Morgan fingerprint density at radius 2 is 1.51 bits per heavy atom. The van der Waals surface area contributed by atoms with E-state index in [1.165, 1.54) is 23.1 Å². The topological polar surface area (TPSA) is 86.8 Å². The average Bonchev–Trinajstić information content (AvgIpc) is 3.04. The Morgan fingerprint density at radius 3 is 2.17 bits per heavy atom. The van der Waals surface area contributed by atoms with Gasteiger partial charge in [-0.05, 0) is 73.4 Å². The minimum Gasteiger partial charge on any atom is -0.354 e. The highest BCUT2D eigenvalue weighted by molar-refractivity contribution is 7.92. The Balaban J connectivity index is 1.84. The predicted octanol–water partition coefficient (Wildman–Crippen LogP) is 8.02. The third-order valence-electron chi connectivity index (χ3n) is 7.78. The molecule has 0 heterocycles. The van der Waals surface area contributed by atoms with Crippen LogP contribution >= 0.6 is 34.8 Å². The molecule has 0 fully saturated rings. The molecule has 0 saturated carbocycles. The average molecular weight is 715 g/mol. The van der Waals surface area contributed by atoms with Crippen molar-refractivity contribution in [2.45, 2.75) is 57.5 Å². The van der Waals surface area contributed by atoms with E-state index in [0.717, 1.165) is 28.3 Å². The van der Waals surface area contributed by atoms with E-state index in [9.17, 15) is 18.0 Å². The maximum absolute atomic E-state index is 14.6. The Hall–Kier alpha value is -3.56. The first kappa shape index (κ1) is 36.3. The van der Waals surface area contributed by atoms with E-state index in [1.807, 2.05) is 44.2 Å². The quantitative estimate of drug-likeness (QED) is 0.134. The molecular weight excluding hydrogens is 677 g/mol. The number of halogens is 3. The Labute approximate surface area is 292 Å². The number of unbranched alkanes of at least 4 members (excludes halogenated alkanes) is 1. The number of anilines is 1. The minimum atomic E-state index is -4.26. The van der Waals surface area contributed by atoms with Gasteiger partial charge in [-0.1, -0.05) is 108 Å². The van der Waals surface area contributed by atoms with Crippen LogP contribution in [0.5, 0.6) is 0 Å². The summed E-state index contributed by atoms with van der Waals surface area (Å²) in [7, 11) is -4.26. The lowest BCUT2D eigenvalue weighted by Gasteiger charge is -2.34. The van der Waals surface area contributed by atoms with E-state index < -0.39 is 28.5 Å². The summed E-state index contributed by atoms with van der Waals surface area (Å²) in [6, 6.07) is 24.6. The second kappa shape index (κ2) is 16.5. The van der Waals surface area contributed by atoms with Crippen molar-refractivity contribution in [3.63, 3.8) is 0 Å². The SMILES string of the molecule is CCCCNC(=O)C(Cc1ccccc1)N(Cc1ccc(Cl)cc1Cl)C(=O)CN(c1cc(Cl)ccc1C)S(=O)(=O)c1ccc(C)cc1. The zero-order valence-electron chi connectivity index (χ0n) is 26.5. The van der Waals surface area contributed by atoms with Crippen LogP contribution in [-0.4, -0.2) is 44.3 Å². The lowest BCUT2D eigenvalue weighted by atomic mass is 10.0. The van der Waals surface area contributed by atoms with Crippen molar-refractivity contribution >= 4 is 62.3 Å². The van der Waals surface area contributed by atoms with Gasteiger partial charge in [0.05, 0.1) is 10.6 Å². The number of amides is 2. The smallest absolute Gasteiger partial charge is 0.264 e. The number of nitrogens with one attached hydrogen (secondary N) is 1. The number of carbonyl (C=O) groups excluding carboxylic acids is 2. The normalized spacial score (nSPS) is 12.0. The highest BCUT2D eigenvalue weighted by Crippen LogP contribution is 2.31. The minimum absolute atomic E-state index is 0.0146. The van der Waals surface area contributed by atoms with Crippen LogP contribution < -0.4 is 9.62 Å². The van der Waals surface area contributed by atoms with Crippen LogP contribution in [0.2, 0.25) is 15.1 Å². The number of benzene rings is 4. The summed E-state index contributed by atoms with van der Waals surface area (Å²) in [4.78, 5) is 30.0. The van der Waals surface area contributed by atoms with Crippen molar-refractivity contribution in [2.24, 2.45) is 0 Å². The van der Waals surface area contributed by atoms with Crippen LogP contribution in [0, 0.1) is 13.8 Å². The summed E-state index contributed by atoms with van der Waals surface area (Å²) < 4.78 is 29.6. The van der Waals surface area contributed by atoms with Crippen molar-refractivity contribution in [3.8, 4) is 0 Å². The zero-order chi connectivity index (χ0) is 34.1. The molecular formula is C36H38Cl3N3O4S. The molecule has 1 N–H and O–H groups in total. The van der Waals surface area contributed by atoms with Gasteiger partial charge in [0.15, 0.2) is 0 Å². The molecule has 0 aliphatic carbocycles. The van der Waals surface area contributed by atoms with Gasteiger partial charge in [0.25, 0.3) is 10.0 Å². The molecule has 0 aromatic heterocycles. The molecule has 2 amide bonds. The van der Waals surface area contributed by atoms with Gasteiger partial charge in [0.1, 0.15) is 12.6 Å². The summed E-state index contributed by atoms with van der Waals surface area (Å²) in [5.74, 6) is -0.953. The second-order valence-electron chi connectivity index (χ2n) is 11.4. The number of sulfonamides is 1. The molecule has 4 aromatic rings. The molecule has 11 heteroatoms. The molecule has 1 unspecified atom stereocenters. The van der Waals surface area contributed by atoms with E-state index in [0.29, 0.717) is 32.7 Å². The van der Waals surface area contributed by atoms with Gasteiger partial charge >= 0.3 is 0 Å². The summed E-state index contributed by atoms with van der Waals surface area (Å²) in [6.45, 7) is 5.39. The Kier molecular flexibility index (Phi) is 12.7. The first-order valence-electron chi connectivity index (χ1n) is 15.3. The monoisotopic (exact) mass is 713 g/mol. The number of carbonyl (C=O) groups is 2. The van der Waals surface area contributed by atoms with Gasteiger partial charge in [0, 0.05) is 34.6 Å². The van der Waals surface area contributed by atoms with Gasteiger partial charge in [0.2, 0.25) is 11.8 Å². The molecule has 0 radical (unpaired) electrons. The van der Waals surface area contributed by atoms with Crippen molar-refractivity contribution < 1.29 is 18.0 Å². The fourth-order valence-corrected chi connectivity index (χ4v) is 7.20. The van der Waals surface area contributed by atoms with Gasteiger partial charge in [-0.2, -0.15) is 0 Å². The Bertz CT molecular complexity index is 1800. The van der Waals surface area contributed by atoms with Gasteiger partial charge in [-0.3, -0.25) is 13.9 Å². The van der Waals surface area contributed by atoms with Gasteiger partial charge in [-0.15, -0.1) is 0 Å². The Morgan fingerprint density at radius 1 is 0.851 bits per heavy atom. The van der Waals surface area contributed by atoms with E-state index >= 15 is 0 Å². The number of aryl methyl sites for hydroxylation is 2. The van der Waals surface area contributed by atoms with Crippen LogP contribution in [0.25, 0.3) is 0 Å². The van der Waals surface area contributed by atoms with Crippen molar-refractivity contribution in [1.82, 2.24) is 10.2 Å². The number of rotatable bonds is 14. The maximum Gasteiger partial charge on any atom is 0.264 e. The van der Waals surface area contributed by atoms with Crippen molar-refractivity contribution in [1.29, 1.82) is 0 Å². The summed E-state index contributed by atoms with van der Waals surface area (Å²) in [6.07, 6.45) is 1.82. The van der Waals surface area contributed by atoms with Crippen LogP contribution in [0.3, 0.4) is 0 Å². The van der Waals surface area contributed by atoms with Gasteiger partial charge < -0.3 is 10.2 Å². The van der Waals surface area contributed by atoms with E-state index in [1.54, 1.807) is 49.4 Å².